The number of piperidine rings is 1. The Morgan fingerprint density at radius 3 is 2.77 bits per heavy atom. The number of thiophene rings is 1. The quantitative estimate of drug-likeness (QED) is 0.843. The Hall–Kier alpha value is -1.25. The second-order valence-corrected chi connectivity index (χ2v) is 10.4. The van der Waals surface area contributed by atoms with Gasteiger partial charge in [-0.3, -0.25) is 0 Å². The first kappa shape index (κ1) is 18.1. The van der Waals surface area contributed by atoms with E-state index < -0.39 is 10.0 Å². The van der Waals surface area contributed by atoms with Crippen LogP contribution in [0.1, 0.15) is 49.5 Å². The largest absolute Gasteiger partial charge is 0.367 e. The standard InChI is InChI=1S/C18H26N4O2S2/c1-2-11-26(23,24)22-9-7-13(8-10-22)21-17-16-14-5-3-4-6-15(14)25-18(16)20-12-19-17/h12-13H,2-11H2,1H3,(H,19,20,21). The Kier molecular flexibility index (Phi) is 5.16. The van der Waals surface area contributed by atoms with Crippen LogP contribution >= 0.6 is 11.3 Å². The number of aromatic nitrogens is 2. The number of anilines is 1. The first-order valence-corrected chi connectivity index (χ1v) is 12.0. The van der Waals surface area contributed by atoms with Crippen LogP contribution in [-0.2, 0) is 22.9 Å². The molecule has 0 radical (unpaired) electrons. The Morgan fingerprint density at radius 1 is 1.23 bits per heavy atom. The van der Waals surface area contributed by atoms with Crippen molar-refractivity contribution in [3.8, 4) is 0 Å². The molecule has 1 fully saturated rings. The van der Waals surface area contributed by atoms with Gasteiger partial charge in [0.2, 0.25) is 10.0 Å². The number of sulfonamides is 1. The van der Waals surface area contributed by atoms with Crippen molar-refractivity contribution in [1.82, 2.24) is 14.3 Å². The van der Waals surface area contributed by atoms with Gasteiger partial charge in [0.25, 0.3) is 0 Å². The molecule has 1 saturated heterocycles. The van der Waals surface area contributed by atoms with Gasteiger partial charge in [-0.2, -0.15) is 0 Å². The lowest BCUT2D eigenvalue weighted by atomic mass is 9.97. The van der Waals surface area contributed by atoms with E-state index in [1.54, 1.807) is 22.0 Å². The van der Waals surface area contributed by atoms with Crippen LogP contribution in [0.4, 0.5) is 5.82 Å². The van der Waals surface area contributed by atoms with E-state index in [1.165, 1.54) is 28.7 Å². The van der Waals surface area contributed by atoms with Crippen molar-refractivity contribution < 1.29 is 8.42 Å². The van der Waals surface area contributed by atoms with Gasteiger partial charge in [-0.25, -0.2) is 22.7 Å². The number of rotatable bonds is 5. The number of nitrogens with one attached hydrogen (secondary N) is 1. The second-order valence-electron chi connectivity index (χ2n) is 7.25. The Labute approximate surface area is 159 Å². The third-order valence-corrected chi connectivity index (χ3v) is 8.68. The number of aryl methyl sites for hydroxylation is 2. The van der Waals surface area contributed by atoms with E-state index in [0.717, 1.165) is 36.3 Å². The summed E-state index contributed by atoms with van der Waals surface area (Å²) in [6, 6.07) is 0.264. The summed E-state index contributed by atoms with van der Waals surface area (Å²) in [5, 5.41) is 4.80. The SMILES string of the molecule is CCCS(=O)(=O)N1CCC(Nc2ncnc3sc4c(c23)CCCC4)CC1. The topological polar surface area (TPSA) is 75.2 Å². The molecule has 0 spiro atoms. The minimum atomic E-state index is -3.09. The summed E-state index contributed by atoms with van der Waals surface area (Å²) in [4.78, 5) is 11.6. The third kappa shape index (κ3) is 3.46. The van der Waals surface area contributed by atoms with Crippen molar-refractivity contribution in [2.45, 2.75) is 57.9 Å². The van der Waals surface area contributed by atoms with E-state index in [4.69, 9.17) is 0 Å². The normalized spacial score (nSPS) is 19.6. The summed E-state index contributed by atoms with van der Waals surface area (Å²) < 4.78 is 26.1. The molecule has 0 aromatic carbocycles. The highest BCUT2D eigenvalue weighted by atomic mass is 32.2. The van der Waals surface area contributed by atoms with Crippen LogP contribution in [0.15, 0.2) is 6.33 Å². The summed E-state index contributed by atoms with van der Waals surface area (Å²) >= 11 is 1.81. The van der Waals surface area contributed by atoms with E-state index >= 15 is 0 Å². The molecule has 0 atom stereocenters. The van der Waals surface area contributed by atoms with Gasteiger partial charge < -0.3 is 5.32 Å². The van der Waals surface area contributed by atoms with Crippen molar-refractivity contribution in [2.24, 2.45) is 0 Å². The van der Waals surface area contributed by atoms with E-state index in [0.29, 0.717) is 19.5 Å². The molecule has 0 unspecified atom stereocenters. The maximum absolute atomic E-state index is 12.2. The average molecular weight is 395 g/mol. The van der Waals surface area contributed by atoms with Crippen molar-refractivity contribution >= 4 is 37.4 Å². The summed E-state index contributed by atoms with van der Waals surface area (Å²) in [6.07, 6.45) is 8.73. The molecule has 1 N–H and O–H groups in total. The maximum Gasteiger partial charge on any atom is 0.214 e. The number of fused-ring (bicyclic) bond motifs is 3. The van der Waals surface area contributed by atoms with E-state index in [1.807, 2.05) is 6.92 Å². The minimum absolute atomic E-state index is 0.249. The van der Waals surface area contributed by atoms with Crippen LogP contribution in [0.25, 0.3) is 10.2 Å². The van der Waals surface area contributed by atoms with Gasteiger partial charge in [0.1, 0.15) is 17.0 Å². The lowest BCUT2D eigenvalue weighted by molar-refractivity contribution is 0.329. The molecule has 1 aliphatic carbocycles. The zero-order valence-electron chi connectivity index (χ0n) is 15.2. The van der Waals surface area contributed by atoms with Crippen LogP contribution < -0.4 is 5.32 Å². The van der Waals surface area contributed by atoms with Gasteiger partial charge in [0, 0.05) is 24.0 Å². The average Bonchev–Trinajstić information content (AvgIpc) is 3.02. The van der Waals surface area contributed by atoms with Crippen LogP contribution in [0.3, 0.4) is 0 Å². The third-order valence-electron chi connectivity index (χ3n) is 5.40. The second kappa shape index (κ2) is 7.40. The highest BCUT2D eigenvalue weighted by Crippen LogP contribution is 2.38. The molecule has 142 valence electrons. The molecule has 0 amide bonds. The lowest BCUT2D eigenvalue weighted by Gasteiger charge is -2.32. The van der Waals surface area contributed by atoms with Crippen molar-refractivity contribution in [3.63, 3.8) is 0 Å². The summed E-state index contributed by atoms with van der Waals surface area (Å²) in [5.74, 6) is 1.18. The fourth-order valence-electron chi connectivity index (χ4n) is 4.06. The molecular weight excluding hydrogens is 368 g/mol. The molecule has 0 bridgehead atoms. The number of nitrogens with zero attached hydrogens (tertiary/aromatic N) is 3. The molecule has 2 aromatic heterocycles. The summed E-state index contributed by atoms with van der Waals surface area (Å²) in [5.41, 5.74) is 1.43. The molecule has 2 aliphatic rings. The summed E-state index contributed by atoms with van der Waals surface area (Å²) in [7, 11) is -3.09. The Balaban J connectivity index is 1.50. The fourth-order valence-corrected chi connectivity index (χ4v) is 6.83. The van der Waals surface area contributed by atoms with Gasteiger partial charge in [-0.05, 0) is 50.5 Å². The fraction of sp³-hybridized carbons (Fsp3) is 0.667. The molecule has 26 heavy (non-hydrogen) atoms. The number of hydrogen-bond acceptors (Lipinski definition) is 6. The van der Waals surface area contributed by atoms with Gasteiger partial charge in [0.05, 0.1) is 11.1 Å². The first-order valence-electron chi connectivity index (χ1n) is 9.58. The minimum Gasteiger partial charge on any atom is -0.367 e. The predicted octanol–water partition coefficient (Wildman–Crippen LogP) is 3.19. The van der Waals surface area contributed by atoms with Crippen LogP contribution in [0.2, 0.25) is 0 Å². The molecule has 2 aromatic rings. The molecule has 0 saturated carbocycles. The van der Waals surface area contributed by atoms with Gasteiger partial charge in [0.15, 0.2) is 0 Å². The molecule has 4 rings (SSSR count). The van der Waals surface area contributed by atoms with E-state index in [-0.39, 0.29) is 11.8 Å². The Morgan fingerprint density at radius 2 is 2.00 bits per heavy atom. The van der Waals surface area contributed by atoms with Crippen molar-refractivity contribution in [3.05, 3.63) is 16.8 Å². The molecule has 6 nitrogen and oxygen atoms in total. The van der Waals surface area contributed by atoms with Crippen LogP contribution in [-0.4, -0.2) is 47.6 Å². The van der Waals surface area contributed by atoms with Crippen molar-refractivity contribution in [1.29, 1.82) is 0 Å². The van der Waals surface area contributed by atoms with E-state index in [9.17, 15) is 8.42 Å². The molecule has 1 aliphatic heterocycles. The van der Waals surface area contributed by atoms with Gasteiger partial charge in [-0.15, -0.1) is 11.3 Å². The molecule has 3 heterocycles. The zero-order chi connectivity index (χ0) is 18.1. The van der Waals surface area contributed by atoms with Crippen LogP contribution in [0.5, 0.6) is 0 Å². The Bertz CT molecular complexity index is 886. The summed E-state index contributed by atoms with van der Waals surface area (Å²) in [6.45, 7) is 3.10. The smallest absolute Gasteiger partial charge is 0.214 e. The highest BCUT2D eigenvalue weighted by Gasteiger charge is 2.28. The lowest BCUT2D eigenvalue weighted by Crippen LogP contribution is -2.43. The highest BCUT2D eigenvalue weighted by molar-refractivity contribution is 7.89. The monoisotopic (exact) mass is 394 g/mol. The number of hydrogen-bond donors (Lipinski definition) is 1. The van der Waals surface area contributed by atoms with Crippen molar-refractivity contribution in [2.75, 3.05) is 24.2 Å². The molecule has 8 heteroatoms. The molecular formula is C18H26N4O2S2. The first-order chi connectivity index (χ1) is 12.6. The predicted molar refractivity (Wildman–Crippen MR) is 106 cm³/mol. The van der Waals surface area contributed by atoms with Gasteiger partial charge in [-0.1, -0.05) is 6.92 Å². The van der Waals surface area contributed by atoms with Gasteiger partial charge >= 0.3 is 0 Å². The zero-order valence-corrected chi connectivity index (χ0v) is 16.8. The maximum atomic E-state index is 12.2. The van der Waals surface area contributed by atoms with E-state index in [2.05, 4.69) is 15.3 Å². The van der Waals surface area contributed by atoms with Crippen LogP contribution in [0, 0.1) is 0 Å².